The molecule has 3 nitrogen and oxygen atoms in total. The second-order valence-electron chi connectivity index (χ2n) is 7.70. The Morgan fingerprint density at radius 3 is 2.39 bits per heavy atom. The number of para-hydroxylation sites is 1. The van der Waals surface area contributed by atoms with Crippen molar-refractivity contribution in [3.05, 3.63) is 86.9 Å². The average molecular weight is 476 g/mol. The Kier molecular flexibility index (Phi) is 7.49. The summed E-state index contributed by atoms with van der Waals surface area (Å²) in [5.74, 6) is 0.817. The van der Waals surface area contributed by atoms with E-state index in [0.29, 0.717) is 23.2 Å². The zero-order chi connectivity index (χ0) is 21.6. The third kappa shape index (κ3) is 5.79. The van der Waals surface area contributed by atoms with Crippen LogP contribution in [-0.2, 0) is 13.2 Å². The van der Waals surface area contributed by atoms with Gasteiger partial charge in [0.05, 0.1) is 10.7 Å². The molecule has 0 aliphatic carbocycles. The highest BCUT2D eigenvalue weighted by molar-refractivity contribution is 6.35. The summed E-state index contributed by atoms with van der Waals surface area (Å²) in [5.41, 5.74) is 4.06. The van der Waals surface area contributed by atoms with Gasteiger partial charge in [0.25, 0.3) is 0 Å². The van der Waals surface area contributed by atoms with Crippen LogP contribution >= 0.6 is 34.8 Å². The average Bonchev–Trinajstić information content (AvgIpc) is 2.78. The molecule has 0 amide bonds. The van der Waals surface area contributed by atoms with Crippen molar-refractivity contribution in [2.24, 2.45) is 0 Å². The lowest BCUT2D eigenvalue weighted by Crippen LogP contribution is -2.29. The van der Waals surface area contributed by atoms with E-state index in [2.05, 4.69) is 28.4 Å². The molecule has 1 aliphatic rings. The predicted molar refractivity (Wildman–Crippen MR) is 132 cm³/mol. The summed E-state index contributed by atoms with van der Waals surface area (Å²) >= 11 is 18.8. The van der Waals surface area contributed by atoms with Crippen molar-refractivity contribution in [1.29, 1.82) is 0 Å². The second kappa shape index (κ2) is 10.5. The van der Waals surface area contributed by atoms with Crippen molar-refractivity contribution < 1.29 is 4.74 Å². The fourth-order valence-electron chi connectivity index (χ4n) is 3.79. The molecule has 1 heterocycles. The van der Waals surface area contributed by atoms with E-state index in [0.717, 1.165) is 46.4 Å². The Morgan fingerprint density at radius 2 is 1.61 bits per heavy atom. The number of piperidine rings is 1. The highest BCUT2D eigenvalue weighted by Crippen LogP contribution is 2.31. The number of rotatable bonds is 7. The van der Waals surface area contributed by atoms with Crippen LogP contribution in [0.2, 0.25) is 15.1 Å². The first-order valence-corrected chi connectivity index (χ1v) is 11.7. The Hall–Kier alpha value is -2.07. The summed E-state index contributed by atoms with van der Waals surface area (Å²) in [4.78, 5) is 2.38. The molecule has 1 fully saturated rings. The molecular weight excluding hydrogens is 451 g/mol. The molecule has 0 spiro atoms. The van der Waals surface area contributed by atoms with Crippen molar-refractivity contribution >= 4 is 46.2 Å². The monoisotopic (exact) mass is 474 g/mol. The molecule has 31 heavy (non-hydrogen) atoms. The van der Waals surface area contributed by atoms with Crippen molar-refractivity contribution in [3.63, 3.8) is 0 Å². The van der Waals surface area contributed by atoms with Gasteiger partial charge in [-0.05, 0) is 55.7 Å². The van der Waals surface area contributed by atoms with Crippen LogP contribution in [0.25, 0.3) is 0 Å². The van der Waals surface area contributed by atoms with Crippen LogP contribution in [0.3, 0.4) is 0 Å². The number of hydrogen-bond donors (Lipinski definition) is 1. The van der Waals surface area contributed by atoms with E-state index < -0.39 is 0 Å². The smallest absolute Gasteiger partial charge is 0.124 e. The van der Waals surface area contributed by atoms with Gasteiger partial charge < -0.3 is 15.0 Å². The van der Waals surface area contributed by atoms with E-state index in [4.69, 9.17) is 39.5 Å². The SMILES string of the molecule is Clc1ccc(COc2ccccc2CNc2ccc(N3CCCCC3)c(Cl)c2)c(Cl)c1. The molecule has 1 saturated heterocycles. The summed E-state index contributed by atoms with van der Waals surface area (Å²) in [6.07, 6.45) is 3.77. The molecule has 0 radical (unpaired) electrons. The largest absolute Gasteiger partial charge is 0.488 e. The first kappa shape index (κ1) is 22.1. The standard InChI is InChI=1S/C25H25Cl3N2O/c26-20-9-8-19(22(27)14-20)17-31-25-7-3-2-6-18(25)16-29-21-10-11-24(23(28)15-21)30-12-4-1-5-13-30/h2-3,6-11,14-15,29H,1,4-5,12-13,16-17H2. The molecule has 0 atom stereocenters. The van der Waals surface area contributed by atoms with E-state index in [1.807, 2.05) is 36.4 Å². The van der Waals surface area contributed by atoms with Gasteiger partial charge in [-0.1, -0.05) is 59.1 Å². The minimum atomic E-state index is 0.378. The lowest BCUT2D eigenvalue weighted by Gasteiger charge is -2.29. The number of nitrogens with one attached hydrogen (secondary N) is 1. The maximum Gasteiger partial charge on any atom is 0.124 e. The van der Waals surface area contributed by atoms with Crippen LogP contribution in [0, 0.1) is 0 Å². The first-order chi connectivity index (χ1) is 15.1. The quantitative estimate of drug-likeness (QED) is 0.377. The first-order valence-electron chi connectivity index (χ1n) is 10.5. The Bertz CT molecular complexity index is 1040. The van der Waals surface area contributed by atoms with Gasteiger partial charge in [-0.3, -0.25) is 0 Å². The zero-order valence-electron chi connectivity index (χ0n) is 17.2. The lowest BCUT2D eigenvalue weighted by molar-refractivity contribution is 0.303. The zero-order valence-corrected chi connectivity index (χ0v) is 19.5. The maximum absolute atomic E-state index is 6.59. The molecule has 1 N–H and O–H groups in total. The minimum absolute atomic E-state index is 0.378. The lowest BCUT2D eigenvalue weighted by atomic mass is 10.1. The molecule has 0 bridgehead atoms. The van der Waals surface area contributed by atoms with Gasteiger partial charge in [0.2, 0.25) is 0 Å². The Labute approximate surface area is 198 Å². The number of halogens is 3. The molecule has 0 aromatic heterocycles. The highest BCUT2D eigenvalue weighted by Gasteiger charge is 2.14. The van der Waals surface area contributed by atoms with Crippen molar-refractivity contribution in [2.75, 3.05) is 23.3 Å². The van der Waals surface area contributed by atoms with Crippen LogP contribution in [0.4, 0.5) is 11.4 Å². The number of hydrogen-bond acceptors (Lipinski definition) is 3. The molecule has 1 aliphatic heterocycles. The van der Waals surface area contributed by atoms with E-state index in [-0.39, 0.29) is 0 Å². The van der Waals surface area contributed by atoms with Crippen LogP contribution in [0.15, 0.2) is 60.7 Å². The fourth-order valence-corrected chi connectivity index (χ4v) is 4.55. The number of ether oxygens (including phenoxy) is 1. The van der Waals surface area contributed by atoms with Crippen LogP contribution in [0.1, 0.15) is 30.4 Å². The number of anilines is 2. The summed E-state index contributed by atoms with van der Waals surface area (Å²) < 4.78 is 6.05. The summed E-state index contributed by atoms with van der Waals surface area (Å²) in [6.45, 7) is 3.16. The van der Waals surface area contributed by atoms with Crippen LogP contribution < -0.4 is 15.0 Å². The van der Waals surface area contributed by atoms with E-state index in [9.17, 15) is 0 Å². The molecule has 3 aromatic carbocycles. The van der Waals surface area contributed by atoms with Gasteiger partial charge >= 0.3 is 0 Å². The highest BCUT2D eigenvalue weighted by atomic mass is 35.5. The molecule has 6 heteroatoms. The molecular formula is C25H25Cl3N2O. The van der Waals surface area contributed by atoms with Crippen LogP contribution in [-0.4, -0.2) is 13.1 Å². The molecule has 3 aromatic rings. The van der Waals surface area contributed by atoms with Gasteiger partial charge in [-0.2, -0.15) is 0 Å². The molecule has 0 saturated carbocycles. The summed E-state index contributed by atoms with van der Waals surface area (Å²) in [6, 6.07) is 19.6. The Balaban J connectivity index is 1.40. The maximum atomic E-state index is 6.59. The van der Waals surface area contributed by atoms with Crippen molar-refractivity contribution in [2.45, 2.75) is 32.4 Å². The van der Waals surface area contributed by atoms with Gasteiger partial charge in [0, 0.05) is 46.5 Å². The number of nitrogens with zero attached hydrogens (tertiary/aromatic N) is 1. The van der Waals surface area contributed by atoms with Gasteiger partial charge in [0.1, 0.15) is 12.4 Å². The van der Waals surface area contributed by atoms with E-state index in [1.165, 1.54) is 19.3 Å². The van der Waals surface area contributed by atoms with E-state index >= 15 is 0 Å². The fraction of sp³-hybridized carbons (Fsp3) is 0.280. The second-order valence-corrected chi connectivity index (χ2v) is 8.95. The summed E-state index contributed by atoms with van der Waals surface area (Å²) in [5, 5.41) is 5.47. The molecule has 4 rings (SSSR count). The molecule has 162 valence electrons. The third-order valence-corrected chi connectivity index (χ3v) is 6.39. The van der Waals surface area contributed by atoms with Gasteiger partial charge in [-0.15, -0.1) is 0 Å². The summed E-state index contributed by atoms with van der Waals surface area (Å²) in [7, 11) is 0. The Morgan fingerprint density at radius 1 is 0.806 bits per heavy atom. The third-order valence-electron chi connectivity index (χ3n) is 5.50. The predicted octanol–water partition coefficient (Wildman–Crippen LogP) is 7.83. The van der Waals surface area contributed by atoms with Crippen molar-refractivity contribution in [3.8, 4) is 5.75 Å². The molecule has 0 unspecified atom stereocenters. The van der Waals surface area contributed by atoms with Gasteiger partial charge in [-0.25, -0.2) is 0 Å². The normalized spacial score (nSPS) is 13.8. The minimum Gasteiger partial charge on any atom is -0.488 e. The van der Waals surface area contributed by atoms with Gasteiger partial charge in [0.15, 0.2) is 0 Å². The van der Waals surface area contributed by atoms with Crippen LogP contribution in [0.5, 0.6) is 5.75 Å². The topological polar surface area (TPSA) is 24.5 Å². The van der Waals surface area contributed by atoms with Crippen molar-refractivity contribution in [1.82, 2.24) is 0 Å². The van der Waals surface area contributed by atoms with E-state index in [1.54, 1.807) is 6.07 Å². The number of benzene rings is 3.